The third-order valence-corrected chi connectivity index (χ3v) is 1.95. The van der Waals surface area contributed by atoms with Gasteiger partial charge >= 0.3 is 0 Å². The second-order valence-electron chi connectivity index (χ2n) is 2.58. The Bertz CT molecular complexity index is 424. The molecule has 0 atom stereocenters. The van der Waals surface area contributed by atoms with E-state index >= 15 is 0 Å². The minimum atomic E-state index is 0.549. The van der Waals surface area contributed by atoms with Crippen LogP contribution in [0, 0.1) is 0 Å². The number of rotatable bonds is 1. The minimum Gasteiger partial charge on any atom is -0.167 e. The van der Waals surface area contributed by atoms with Crippen LogP contribution in [0.4, 0.5) is 0 Å². The standard InChI is InChI=1S/C8H7ClN4/c1-13-11-8(10-12-13)6-4-2-3-5-7(6)9/h2-5H,1H3. The van der Waals surface area contributed by atoms with Crippen LogP contribution < -0.4 is 0 Å². The van der Waals surface area contributed by atoms with E-state index < -0.39 is 0 Å². The van der Waals surface area contributed by atoms with Gasteiger partial charge in [-0.05, 0) is 17.3 Å². The van der Waals surface area contributed by atoms with Crippen LogP contribution in [0.25, 0.3) is 11.4 Å². The Kier molecular flexibility index (Phi) is 1.98. The Balaban J connectivity index is 2.52. The zero-order valence-corrected chi connectivity index (χ0v) is 7.73. The maximum absolute atomic E-state index is 5.95. The molecule has 0 saturated heterocycles. The molecule has 0 aliphatic carbocycles. The van der Waals surface area contributed by atoms with Gasteiger partial charge in [0.1, 0.15) is 0 Å². The van der Waals surface area contributed by atoms with Gasteiger partial charge in [-0.25, -0.2) is 0 Å². The molecule has 13 heavy (non-hydrogen) atoms. The smallest absolute Gasteiger partial charge is 0.167 e. The second kappa shape index (κ2) is 3.14. The van der Waals surface area contributed by atoms with Crippen LogP contribution in [-0.4, -0.2) is 20.2 Å². The van der Waals surface area contributed by atoms with Crippen molar-refractivity contribution in [3.8, 4) is 11.4 Å². The van der Waals surface area contributed by atoms with Crippen LogP contribution in [0.5, 0.6) is 0 Å². The van der Waals surface area contributed by atoms with Crippen LogP contribution in [0.15, 0.2) is 24.3 Å². The van der Waals surface area contributed by atoms with E-state index in [-0.39, 0.29) is 0 Å². The molecule has 0 radical (unpaired) electrons. The molecule has 1 aromatic heterocycles. The summed E-state index contributed by atoms with van der Waals surface area (Å²) in [5.41, 5.74) is 0.803. The Hall–Kier alpha value is -1.42. The fraction of sp³-hybridized carbons (Fsp3) is 0.125. The predicted octanol–water partition coefficient (Wildman–Crippen LogP) is 1.53. The molecule has 0 saturated carbocycles. The Morgan fingerprint density at radius 3 is 2.69 bits per heavy atom. The summed E-state index contributed by atoms with van der Waals surface area (Å²) in [6, 6.07) is 7.41. The van der Waals surface area contributed by atoms with Crippen molar-refractivity contribution in [2.75, 3.05) is 0 Å². The van der Waals surface area contributed by atoms with E-state index in [1.807, 2.05) is 18.2 Å². The van der Waals surface area contributed by atoms with E-state index in [0.717, 1.165) is 5.56 Å². The molecule has 0 bridgehead atoms. The average Bonchev–Trinajstić information content (AvgIpc) is 2.53. The molecule has 0 fully saturated rings. The van der Waals surface area contributed by atoms with Gasteiger partial charge in [-0.2, -0.15) is 4.80 Å². The zero-order chi connectivity index (χ0) is 9.26. The Labute approximate surface area is 80.1 Å². The van der Waals surface area contributed by atoms with Crippen molar-refractivity contribution in [2.24, 2.45) is 7.05 Å². The molecule has 0 amide bonds. The van der Waals surface area contributed by atoms with E-state index in [4.69, 9.17) is 11.6 Å². The molecule has 2 rings (SSSR count). The maximum atomic E-state index is 5.95. The van der Waals surface area contributed by atoms with Gasteiger partial charge in [0, 0.05) is 5.56 Å². The molecule has 1 heterocycles. The van der Waals surface area contributed by atoms with Gasteiger partial charge in [0.05, 0.1) is 12.1 Å². The topological polar surface area (TPSA) is 43.6 Å². The number of tetrazole rings is 1. The van der Waals surface area contributed by atoms with E-state index in [1.54, 1.807) is 13.1 Å². The molecule has 0 unspecified atom stereocenters. The summed E-state index contributed by atoms with van der Waals surface area (Å²) in [4.78, 5) is 1.40. The van der Waals surface area contributed by atoms with Gasteiger partial charge in [0.2, 0.25) is 5.82 Å². The van der Waals surface area contributed by atoms with Crippen LogP contribution in [0.1, 0.15) is 0 Å². The quantitative estimate of drug-likeness (QED) is 0.692. The fourth-order valence-corrected chi connectivity index (χ4v) is 1.25. The van der Waals surface area contributed by atoms with Crippen molar-refractivity contribution >= 4 is 11.6 Å². The van der Waals surface area contributed by atoms with Gasteiger partial charge in [0.15, 0.2) is 0 Å². The summed E-state index contributed by atoms with van der Waals surface area (Å²) < 4.78 is 0. The van der Waals surface area contributed by atoms with E-state index in [2.05, 4.69) is 15.4 Å². The second-order valence-corrected chi connectivity index (χ2v) is 2.99. The molecular weight excluding hydrogens is 188 g/mol. The molecule has 0 aliphatic heterocycles. The van der Waals surface area contributed by atoms with Crippen LogP contribution in [-0.2, 0) is 7.05 Å². The zero-order valence-electron chi connectivity index (χ0n) is 6.98. The molecule has 2 aromatic rings. The van der Waals surface area contributed by atoms with Crippen molar-refractivity contribution in [3.05, 3.63) is 29.3 Å². The van der Waals surface area contributed by atoms with Crippen molar-refractivity contribution in [2.45, 2.75) is 0 Å². The van der Waals surface area contributed by atoms with Gasteiger partial charge in [-0.3, -0.25) is 0 Å². The highest BCUT2D eigenvalue weighted by atomic mass is 35.5. The van der Waals surface area contributed by atoms with Crippen LogP contribution in [0.2, 0.25) is 5.02 Å². The number of hydrogen-bond acceptors (Lipinski definition) is 3. The summed E-state index contributed by atoms with van der Waals surface area (Å²) in [6.07, 6.45) is 0. The molecule has 0 spiro atoms. The summed E-state index contributed by atoms with van der Waals surface area (Å²) in [5, 5.41) is 12.3. The van der Waals surface area contributed by atoms with Gasteiger partial charge in [0.25, 0.3) is 0 Å². The van der Waals surface area contributed by atoms with Gasteiger partial charge in [-0.15, -0.1) is 10.2 Å². The number of hydrogen-bond donors (Lipinski definition) is 0. The summed E-state index contributed by atoms with van der Waals surface area (Å²) in [7, 11) is 1.72. The molecule has 1 aromatic carbocycles. The first-order valence-corrected chi connectivity index (χ1v) is 4.14. The minimum absolute atomic E-state index is 0.549. The fourth-order valence-electron chi connectivity index (χ4n) is 1.03. The third-order valence-electron chi connectivity index (χ3n) is 1.62. The highest BCUT2D eigenvalue weighted by Gasteiger charge is 2.06. The van der Waals surface area contributed by atoms with E-state index in [9.17, 15) is 0 Å². The lowest BCUT2D eigenvalue weighted by Gasteiger charge is -1.95. The van der Waals surface area contributed by atoms with Crippen molar-refractivity contribution in [1.82, 2.24) is 20.2 Å². The highest BCUT2D eigenvalue weighted by molar-refractivity contribution is 6.33. The lowest BCUT2D eigenvalue weighted by molar-refractivity contribution is 0.630. The molecule has 66 valence electrons. The number of halogens is 1. The van der Waals surface area contributed by atoms with Crippen LogP contribution in [0.3, 0.4) is 0 Å². The van der Waals surface area contributed by atoms with Gasteiger partial charge in [-0.1, -0.05) is 23.7 Å². The lowest BCUT2D eigenvalue weighted by atomic mass is 10.2. The van der Waals surface area contributed by atoms with Gasteiger partial charge < -0.3 is 0 Å². The molecule has 0 N–H and O–H groups in total. The summed E-state index contributed by atoms with van der Waals surface area (Å²) in [5.74, 6) is 0.549. The average molecular weight is 195 g/mol. The largest absolute Gasteiger partial charge is 0.206 e. The summed E-state index contributed by atoms with van der Waals surface area (Å²) in [6.45, 7) is 0. The first-order chi connectivity index (χ1) is 6.27. The number of nitrogens with zero attached hydrogens (tertiary/aromatic N) is 4. The number of benzene rings is 1. The monoisotopic (exact) mass is 194 g/mol. The summed E-state index contributed by atoms with van der Waals surface area (Å²) >= 11 is 5.95. The van der Waals surface area contributed by atoms with Crippen molar-refractivity contribution < 1.29 is 0 Å². The van der Waals surface area contributed by atoms with E-state index in [0.29, 0.717) is 10.8 Å². The first-order valence-electron chi connectivity index (χ1n) is 3.76. The molecule has 0 aliphatic rings. The SMILES string of the molecule is Cn1nnc(-c2ccccc2Cl)n1. The number of aryl methyl sites for hydroxylation is 1. The predicted molar refractivity (Wildman–Crippen MR) is 49.2 cm³/mol. The first kappa shape index (κ1) is 8.19. The maximum Gasteiger partial charge on any atom is 0.206 e. The number of aromatic nitrogens is 4. The third kappa shape index (κ3) is 1.53. The van der Waals surface area contributed by atoms with E-state index in [1.165, 1.54) is 4.80 Å². The van der Waals surface area contributed by atoms with Crippen LogP contribution >= 0.6 is 11.6 Å². The van der Waals surface area contributed by atoms with Crippen molar-refractivity contribution in [1.29, 1.82) is 0 Å². The van der Waals surface area contributed by atoms with Crippen molar-refractivity contribution in [3.63, 3.8) is 0 Å². The molecule has 4 nitrogen and oxygen atoms in total. The molecular formula is C8H7ClN4. The Morgan fingerprint density at radius 2 is 2.08 bits per heavy atom. The lowest BCUT2D eigenvalue weighted by Crippen LogP contribution is -1.91. The molecule has 5 heteroatoms. The Morgan fingerprint density at radius 1 is 1.31 bits per heavy atom. The highest BCUT2D eigenvalue weighted by Crippen LogP contribution is 2.23. The normalized spacial score (nSPS) is 10.3.